The molecule has 1 heterocycles. The standard InChI is InChI=1S/C32H52O4/c1-19-10-12-27(6)14-16-30(9)29(8,25(27)20(19)2)15-17-31-28(7)13-11-24(35-21(3)33)26(4,5)22(28)18-23(34)32(30,31)36-31/h19-20,22-25,34H,10-18H2,1-9H3/t19-,20+,22+,23-,24+,25-,27-,28+,29+,30+,31+,32+/m1/s1. The van der Waals surface area contributed by atoms with Crippen LogP contribution in [-0.2, 0) is 14.3 Å². The molecule has 0 radical (unpaired) electrons. The van der Waals surface area contributed by atoms with Gasteiger partial charge in [-0.25, -0.2) is 0 Å². The van der Waals surface area contributed by atoms with Gasteiger partial charge in [0.15, 0.2) is 0 Å². The molecule has 5 saturated carbocycles. The fraction of sp³-hybridized carbons (Fsp3) is 0.969. The number of carbonyl (C=O) groups is 1. The van der Waals surface area contributed by atoms with Crippen LogP contribution in [0.15, 0.2) is 0 Å². The Morgan fingerprint density at radius 3 is 2.25 bits per heavy atom. The highest BCUT2D eigenvalue weighted by atomic mass is 16.6. The van der Waals surface area contributed by atoms with E-state index in [0.717, 1.165) is 38.0 Å². The first kappa shape index (κ1) is 25.7. The molecular formula is C32H52O4. The largest absolute Gasteiger partial charge is 0.462 e. The molecule has 4 nitrogen and oxygen atoms in total. The third kappa shape index (κ3) is 2.54. The molecule has 0 spiro atoms. The van der Waals surface area contributed by atoms with Crippen LogP contribution in [-0.4, -0.2) is 34.5 Å². The van der Waals surface area contributed by atoms with Crippen LogP contribution in [0.2, 0.25) is 0 Å². The van der Waals surface area contributed by atoms with Crippen LogP contribution < -0.4 is 0 Å². The molecule has 36 heavy (non-hydrogen) atoms. The van der Waals surface area contributed by atoms with E-state index in [1.54, 1.807) is 0 Å². The Morgan fingerprint density at radius 2 is 1.58 bits per heavy atom. The van der Waals surface area contributed by atoms with Gasteiger partial charge < -0.3 is 14.6 Å². The van der Waals surface area contributed by atoms with Crippen molar-refractivity contribution in [2.45, 2.75) is 144 Å². The average Bonchev–Trinajstić information content (AvgIpc) is 3.52. The Morgan fingerprint density at radius 1 is 0.889 bits per heavy atom. The van der Waals surface area contributed by atoms with Crippen molar-refractivity contribution < 1.29 is 19.4 Å². The van der Waals surface area contributed by atoms with Crippen LogP contribution >= 0.6 is 0 Å². The van der Waals surface area contributed by atoms with E-state index in [1.165, 1.54) is 32.6 Å². The summed E-state index contributed by atoms with van der Waals surface area (Å²) < 4.78 is 13.1. The first-order valence-corrected chi connectivity index (χ1v) is 15.1. The highest BCUT2D eigenvalue weighted by molar-refractivity contribution is 5.66. The molecule has 6 fully saturated rings. The average molecular weight is 501 g/mol. The number of rotatable bonds is 1. The number of hydrogen-bond donors (Lipinski definition) is 1. The minimum Gasteiger partial charge on any atom is -0.462 e. The molecule has 1 saturated heterocycles. The van der Waals surface area contributed by atoms with E-state index >= 15 is 0 Å². The number of carbonyl (C=O) groups excluding carboxylic acids is 1. The molecule has 6 aliphatic rings. The van der Waals surface area contributed by atoms with Crippen molar-refractivity contribution in [1.29, 1.82) is 0 Å². The maximum atomic E-state index is 12.2. The third-order valence-corrected chi connectivity index (χ3v) is 14.8. The van der Waals surface area contributed by atoms with E-state index < -0.39 is 11.7 Å². The van der Waals surface area contributed by atoms with Crippen molar-refractivity contribution >= 4 is 5.97 Å². The quantitative estimate of drug-likeness (QED) is 0.313. The van der Waals surface area contributed by atoms with Crippen molar-refractivity contribution in [2.24, 2.45) is 50.7 Å². The molecule has 1 aliphatic heterocycles. The molecule has 4 heteroatoms. The summed E-state index contributed by atoms with van der Waals surface area (Å²) in [6.07, 6.45) is 9.48. The molecule has 0 aromatic heterocycles. The first-order valence-electron chi connectivity index (χ1n) is 15.1. The zero-order valence-electron chi connectivity index (χ0n) is 24.5. The van der Waals surface area contributed by atoms with Crippen LogP contribution in [0, 0.1) is 50.7 Å². The van der Waals surface area contributed by atoms with Gasteiger partial charge in [0.05, 0.1) is 6.10 Å². The predicted molar refractivity (Wildman–Crippen MR) is 141 cm³/mol. The highest BCUT2D eigenvalue weighted by Crippen LogP contribution is 2.86. The second-order valence-corrected chi connectivity index (χ2v) is 16.1. The zero-order chi connectivity index (χ0) is 26.3. The highest BCUT2D eigenvalue weighted by Gasteiger charge is 2.92. The Labute approximate surface area is 219 Å². The van der Waals surface area contributed by atoms with E-state index in [9.17, 15) is 9.90 Å². The number of aliphatic hydroxyl groups excluding tert-OH is 1. The molecule has 0 aromatic rings. The second kappa shape index (κ2) is 7.12. The van der Waals surface area contributed by atoms with Crippen LogP contribution in [0.25, 0.3) is 0 Å². The summed E-state index contributed by atoms with van der Waals surface area (Å²) in [6.45, 7) is 21.3. The van der Waals surface area contributed by atoms with Crippen molar-refractivity contribution in [2.75, 3.05) is 0 Å². The fourth-order valence-electron chi connectivity index (χ4n) is 12.7. The minimum atomic E-state index is -0.462. The lowest BCUT2D eigenvalue weighted by Crippen LogP contribution is -2.74. The molecule has 204 valence electrons. The van der Waals surface area contributed by atoms with Crippen LogP contribution in [0.4, 0.5) is 0 Å². The maximum absolute atomic E-state index is 12.2. The number of epoxide rings is 1. The Balaban J connectivity index is 1.43. The van der Waals surface area contributed by atoms with Gasteiger partial charge in [-0.05, 0) is 92.3 Å². The smallest absolute Gasteiger partial charge is 0.302 e. The number of aliphatic hydroxyl groups is 1. The van der Waals surface area contributed by atoms with E-state index in [0.29, 0.717) is 17.3 Å². The summed E-state index contributed by atoms with van der Waals surface area (Å²) in [5.41, 5.74) is -0.352. The van der Waals surface area contributed by atoms with Crippen molar-refractivity contribution in [3.8, 4) is 0 Å². The predicted octanol–water partition coefficient (Wildman–Crippen LogP) is 6.92. The van der Waals surface area contributed by atoms with Crippen LogP contribution in [0.1, 0.15) is 120 Å². The van der Waals surface area contributed by atoms with Gasteiger partial charge in [0.2, 0.25) is 0 Å². The second-order valence-electron chi connectivity index (χ2n) is 16.1. The summed E-state index contributed by atoms with van der Waals surface area (Å²) in [6, 6.07) is 0. The lowest BCUT2D eigenvalue weighted by molar-refractivity contribution is -0.240. The fourth-order valence-corrected chi connectivity index (χ4v) is 12.7. The molecule has 0 amide bonds. The molecule has 0 bridgehead atoms. The van der Waals surface area contributed by atoms with E-state index in [-0.39, 0.29) is 45.3 Å². The summed E-state index contributed by atoms with van der Waals surface area (Å²) in [7, 11) is 0. The lowest BCUT2D eigenvalue weighted by Gasteiger charge is -2.71. The number of ether oxygens (including phenoxy) is 2. The Bertz CT molecular complexity index is 975. The molecular weight excluding hydrogens is 448 g/mol. The van der Waals surface area contributed by atoms with E-state index in [4.69, 9.17) is 9.47 Å². The first-order chi connectivity index (χ1) is 16.6. The monoisotopic (exact) mass is 500 g/mol. The number of fused-ring (bicyclic) bond motifs is 4. The van der Waals surface area contributed by atoms with Gasteiger partial charge >= 0.3 is 5.97 Å². The Hall–Kier alpha value is -0.610. The summed E-state index contributed by atoms with van der Waals surface area (Å²) in [5, 5.41) is 12.2. The van der Waals surface area contributed by atoms with Crippen LogP contribution in [0.3, 0.4) is 0 Å². The SMILES string of the molecule is CC(=O)O[C@H]1CC[C@@]2(C)[C@@H](C[C@@H](O)[C@@]34O[C@]32CC[C@@]2(C)[C@@H]3[C@@H](C)[C@H](C)CC[C@]3(C)CC[C@]42C)C1(C)C. The Kier molecular flexibility index (Phi) is 5.07. The molecule has 0 aromatic carbocycles. The number of hydrogen-bond acceptors (Lipinski definition) is 4. The lowest BCUT2D eigenvalue weighted by atomic mass is 9.31. The molecule has 5 aliphatic carbocycles. The third-order valence-electron chi connectivity index (χ3n) is 14.8. The van der Waals surface area contributed by atoms with Gasteiger partial charge in [-0.3, -0.25) is 4.79 Å². The van der Waals surface area contributed by atoms with Gasteiger partial charge in [0.25, 0.3) is 0 Å². The zero-order valence-corrected chi connectivity index (χ0v) is 24.5. The van der Waals surface area contributed by atoms with Gasteiger partial charge in [0, 0.05) is 23.2 Å². The van der Waals surface area contributed by atoms with Gasteiger partial charge in [-0.2, -0.15) is 0 Å². The summed E-state index contributed by atoms with van der Waals surface area (Å²) >= 11 is 0. The van der Waals surface area contributed by atoms with E-state index in [2.05, 4.69) is 55.4 Å². The topological polar surface area (TPSA) is 59.1 Å². The van der Waals surface area contributed by atoms with Crippen LogP contribution in [0.5, 0.6) is 0 Å². The summed E-state index contributed by atoms with van der Waals surface area (Å²) in [5.74, 6) is 2.23. The van der Waals surface area contributed by atoms with Crippen molar-refractivity contribution in [3.05, 3.63) is 0 Å². The number of esters is 1. The van der Waals surface area contributed by atoms with Gasteiger partial charge in [0.1, 0.15) is 17.3 Å². The molecule has 1 N–H and O–H groups in total. The van der Waals surface area contributed by atoms with Crippen molar-refractivity contribution in [1.82, 2.24) is 0 Å². The summed E-state index contributed by atoms with van der Waals surface area (Å²) in [4.78, 5) is 11.9. The van der Waals surface area contributed by atoms with E-state index in [1.807, 2.05) is 0 Å². The maximum Gasteiger partial charge on any atom is 0.302 e. The normalized spacial score (nSPS) is 60.9. The van der Waals surface area contributed by atoms with Gasteiger partial charge in [-0.15, -0.1) is 0 Å². The molecule has 0 unspecified atom stereocenters. The minimum absolute atomic E-state index is 0.0110. The molecule has 12 atom stereocenters. The van der Waals surface area contributed by atoms with Crippen molar-refractivity contribution in [3.63, 3.8) is 0 Å². The molecule has 6 rings (SSSR count). The van der Waals surface area contributed by atoms with Gasteiger partial charge in [-0.1, -0.05) is 55.4 Å².